The normalized spacial score (nSPS) is 10.9. The van der Waals surface area contributed by atoms with E-state index in [1.807, 2.05) is 20.8 Å². The first kappa shape index (κ1) is 15.7. The van der Waals surface area contributed by atoms with E-state index < -0.39 is 28.5 Å². The van der Waals surface area contributed by atoms with E-state index in [1.54, 1.807) is 6.07 Å². The minimum Gasteiger partial charge on any atom is -0.504 e. The molecule has 0 aliphatic carbocycles. The number of carbonyl (C=O) groups is 1. The number of carbonyl (C=O) groups excluding carboxylic acids is 1. The summed E-state index contributed by atoms with van der Waals surface area (Å²) in [7, 11) is 1.13. The number of methoxy groups -OCH3 is 1. The maximum atomic E-state index is 12.0. The predicted molar refractivity (Wildman–Crippen MR) is 70.3 cm³/mol. The van der Waals surface area contributed by atoms with Gasteiger partial charge in [-0.05, 0) is 11.8 Å². The van der Waals surface area contributed by atoms with Crippen LogP contribution in [0, 0.1) is 16.7 Å². The molecule has 0 unspecified atom stereocenters. The fourth-order valence-electron chi connectivity index (χ4n) is 1.49. The van der Waals surface area contributed by atoms with Crippen LogP contribution in [0.15, 0.2) is 4.79 Å². The van der Waals surface area contributed by atoms with E-state index in [2.05, 4.69) is 9.84 Å². The summed E-state index contributed by atoms with van der Waals surface area (Å²) in [5.74, 6) is -1.64. The van der Waals surface area contributed by atoms with Gasteiger partial charge in [0.25, 0.3) is 5.56 Å². The number of aryl methyl sites for hydroxylation is 1. The third-order valence-electron chi connectivity index (χ3n) is 2.69. The van der Waals surface area contributed by atoms with Crippen molar-refractivity contribution in [3.63, 3.8) is 0 Å². The lowest BCUT2D eigenvalue weighted by Gasteiger charge is -2.18. The highest BCUT2D eigenvalue weighted by molar-refractivity contribution is 5.90. The minimum absolute atomic E-state index is 0.0444. The topological polar surface area (TPSA) is 105 Å². The van der Waals surface area contributed by atoms with Gasteiger partial charge >= 0.3 is 5.97 Å². The van der Waals surface area contributed by atoms with Crippen LogP contribution in [0.1, 0.15) is 43.2 Å². The van der Waals surface area contributed by atoms with Crippen molar-refractivity contribution in [2.75, 3.05) is 7.11 Å². The number of nitrogens with zero attached hydrogens (tertiary/aromatic N) is 3. The van der Waals surface area contributed by atoms with Gasteiger partial charge in [0, 0.05) is 6.54 Å². The summed E-state index contributed by atoms with van der Waals surface area (Å²) in [4.78, 5) is 23.5. The summed E-state index contributed by atoms with van der Waals surface area (Å²) in [6.45, 7) is 6.21. The summed E-state index contributed by atoms with van der Waals surface area (Å²) < 4.78 is 5.48. The number of esters is 1. The van der Waals surface area contributed by atoms with Gasteiger partial charge in [0.15, 0.2) is 11.3 Å². The van der Waals surface area contributed by atoms with Gasteiger partial charge in [0.2, 0.25) is 5.69 Å². The van der Waals surface area contributed by atoms with E-state index in [0.717, 1.165) is 11.8 Å². The van der Waals surface area contributed by atoms with Crippen molar-refractivity contribution in [3.8, 4) is 11.8 Å². The molecule has 0 spiro atoms. The first-order chi connectivity index (χ1) is 9.21. The average molecular weight is 279 g/mol. The van der Waals surface area contributed by atoms with Gasteiger partial charge in [-0.3, -0.25) is 4.79 Å². The lowest BCUT2D eigenvalue weighted by molar-refractivity contribution is 0.0586. The predicted octanol–water partition coefficient (Wildman–Crippen LogP) is 1.04. The molecule has 1 aromatic heterocycles. The van der Waals surface area contributed by atoms with Crippen LogP contribution in [0.25, 0.3) is 0 Å². The Hall–Kier alpha value is -2.36. The van der Waals surface area contributed by atoms with Crippen molar-refractivity contribution < 1.29 is 14.6 Å². The molecule has 0 bridgehead atoms. The SMILES string of the molecule is COC(=O)c1nn(CCC(C)(C)C)c(=O)c(C#N)c1O. The molecule has 0 aliphatic heterocycles. The van der Waals surface area contributed by atoms with Crippen LogP contribution < -0.4 is 5.56 Å². The van der Waals surface area contributed by atoms with Crippen molar-refractivity contribution in [2.45, 2.75) is 33.7 Å². The van der Waals surface area contributed by atoms with Crippen molar-refractivity contribution >= 4 is 5.97 Å². The molecule has 0 fully saturated rings. The number of hydrogen-bond donors (Lipinski definition) is 1. The molecule has 7 heteroatoms. The summed E-state index contributed by atoms with van der Waals surface area (Å²) in [6.07, 6.45) is 0.621. The second-order valence-corrected chi connectivity index (χ2v) is 5.51. The summed E-state index contributed by atoms with van der Waals surface area (Å²) >= 11 is 0. The molecule has 0 saturated heterocycles. The number of rotatable bonds is 3. The second kappa shape index (κ2) is 5.74. The van der Waals surface area contributed by atoms with Crippen molar-refractivity contribution in [2.24, 2.45) is 5.41 Å². The molecule has 20 heavy (non-hydrogen) atoms. The van der Waals surface area contributed by atoms with Crippen molar-refractivity contribution in [1.29, 1.82) is 5.26 Å². The third-order valence-corrected chi connectivity index (χ3v) is 2.69. The van der Waals surface area contributed by atoms with Gasteiger partial charge in [-0.2, -0.15) is 10.4 Å². The molecule has 0 aliphatic rings. The van der Waals surface area contributed by atoms with Gasteiger partial charge in [0.05, 0.1) is 7.11 Å². The van der Waals surface area contributed by atoms with Crippen LogP contribution in [0.5, 0.6) is 5.75 Å². The Balaban J connectivity index is 3.36. The number of ether oxygens (including phenoxy) is 1. The molecule has 108 valence electrons. The highest BCUT2D eigenvalue weighted by Crippen LogP contribution is 2.20. The number of hydrogen-bond acceptors (Lipinski definition) is 6. The Morgan fingerprint density at radius 3 is 2.55 bits per heavy atom. The standard InChI is InChI=1S/C13H17N3O4/c1-13(2,3)5-6-16-11(18)8(7-14)10(17)9(15-16)12(19)20-4/h17H,5-6H2,1-4H3. The smallest absolute Gasteiger partial charge is 0.362 e. The van der Waals surface area contributed by atoms with Crippen LogP contribution in [0.3, 0.4) is 0 Å². The largest absolute Gasteiger partial charge is 0.504 e. The zero-order valence-electron chi connectivity index (χ0n) is 11.9. The van der Waals surface area contributed by atoms with Crippen LogP contribution in [-0.4, -0.2) is 28.0 Å². The fourth-order valence-corrected chi connectivity index (χ4v) is 1.49. The first-order valence-corrected chi connectivity index (χ1v) is 6.03. The second-order valence-electron chi connectivity index (χ2n) is 5.51. The maximum absolute atomic E-state index is 12.0. The van der Waals surface area contributed by atoms with E-state index in [-0.39, 0.29) is 12.0 Å². The van der Waals surface area contributed by atoms with E-state index in [9.17, 15) is 14.7 Å². The molecule has 0 amide bonds. The van der Waals surface area contributed by atoms with Crippen LogP contribution in [-0.2, 0) is 11.3 Å². The van der Waals surface area contributed by atoms with E-state index in [4.69, 9.17) is 5.26 Å². The van der Waals surface area contributed by atoms with Crippen molar-refractivity contribution in [3.05, 3.63) is 21.6 Å². The maximum Gasteiger partial charge on any atom is 0.362 e. The van der Waals surface area contributed by atoms with E-state index in [1.165, 1.54) is 0 Å². The number of nitriles is 1. The van der Waals surface area contributed by atoms with Crippen LogP contribution in [0.4, 0.5) is 0 Å². The molecule has 0 saturated carbocycles. The van der Waals surface area contributed by atoms with Gasteiger partial charge in [-0.25, -0.2) is 9.48 Å². The Morgan fingerprint density at radius 2 is 2.10 bits per heavy atom. The summed E-state index contributed by atoms with van der Waals surface area (Å²) in [6, 6.07) is 1.59. The number of aromatic nitrogens is 2. The fraction of sp³-hybridized carbons (Fsp3) is 0.538. The third kappa shape index (κ3) is 3.35. The van der Waals surface area contributed by atoms with E-state index in [0.29, 0.717) is 6.42 Å². The average Bonchev–Trinajstić information content (AvgIpc) is 2.36. The lowest BCUT2D eigenvalue weighted by atomic mass is 9.92. The quantitative estimate of drug-likeness (QED) is 0.829. The molecule has 1 N–H and O–H groups in total. The van der Waals surface area contributed by atoms with Gasteiger partial charge in [-0.15, -0.1) is 0 Å². The highest BCUT2D eigenvalue weighted by atomic mass is 16.5. The van der Waals surface area contributed by atoms with E-state index >= 15 is 0 Å². The molecule has 1 aromatic rings. The van der Waals surface area contributed by atoms with Gasteiger partial charge in [-0.1, -0.05) is 20.8 Å². The molecule has 0 atom stereocenters. The van der Waals surface area contributed by atoms with Crippen molar-refractivity contribution in [1.82, 2.24) is 9.78 Å². The molecule has 7 nitrogen and oxygen atoms in total. The first-order valence-electron chi connectivity index (χ1n) is 6.03. The van der Waals surface area contributed by atoms with Gasteiger partial charge < -0.3 is 9.84 Å². The Bertz CT molecular complexity index is 620. The minimum atomic E-state index is -0.900. The number of aromatic hydroxyl groups is 1. The molecule has 1 rings (SSSR count). The lowest BCUT2D eigenvalue weighted by Crippen LogP contribution is -2.29. The Labute approximate surface area is 116 Å². The molecular weight excluding hydrogens is 262 g/mol. The summed E-state index contributed by atoms with van der Waals surface area (Å²) in [5, 5.41) is 22.4. The Kier molecular flexibility index (Phi) is 4.50. The molecular formula is C13H17N3O4. The summed E-state index contributed by atoms with van der Waals surface area (Å²) in [5.41, 5.74) is -1.70. The van der Waals surface area contributed by atoms with Crippen LogP contribution >= 0.6 is 0 Å². The van der Waals surface area contributed by atoms with Crippen LogP contribution in [0.2, 0.25) is 0 Å². The monoisotopic (exact) mass is 279 g/mol. The zero-order valence-corrected chi connectivity index (χ0v) is 11.9. The highest BCUT2D eigenvalue weighted by Gasteiger charge is 2.23. The molecule has 0 radical (unpaired) electrons. The molecule has 0 aromatic carbocycles. The zero-order chi connectivity index (χ0) is 15.5. The molecule has 1 heterocycles. The van der Waals surface area contributed by atoms with Gasteiger partial charge in [0.1, 0.15) is 6.07 Å². The Morgan fingerprint density at radius 1 is 1.50 bits per heavy atom.